The number of hydrogen-bond donors (Lipinski definition) is 3. The van der Waals surface area contributed by atoms with E-state index >= 15 is 0 Å². The second-order valence-electron chi connectivity index (χ2n) is 5.54. The minimum Gasteiger partial charge on any atom is -0.497 e. The normalized spacial score (nSPS) is 16.1. The van der Waals surface area contributed by atoms with Crippen LogP contribution >= 0.6 is 0 Å². The molecule has 0 bridgehead atoms. The molecule has 0 aliphatic carbocycles. The predicted molar refractivity (Wildman–Crippen MR) is 86.2 cm³/mol. The Balaban J connectivity index is 1.95. The molecule has 0 aromatic heterocycles. The molecule has 0 spiro atoms. The van der Waals surface area contributed by atoms with Crippen molar-refractivity contribution in [1.29, 1.82) is 0 Å². The maximum Gasteiger partial charge on any atom is 0.313 e. The Morgan fingerprint density at radius 2 is 1.92 bits per heavy atom. The van der Waals surface area contributed by atoms with Crippen molar-refractivity contribution in [3.05, 3.63) is 18.2 Å². The van der Waals surface area contributed by atoms with E-state index in [1.54, 1.807) is 18.2 Å². The largest absolute Gasteiger partial charge is 0.497 e. The molecule has 2 rings (SSSR count). The van der Waals surface area contributed by atoms with Gasteiger partial charge in [0.25, 0.3) is 0 Å². The molecule has 8 nitrogen and oxygen atoms in total. The molecule has 1 saturated heterocycles. The third-order valence-corrected chi connectivity index (χ3v) is 3.86. The molecule has 8 heteroatoms. The number of rotatable bonds is 5. The predicted octanol–water partition coefficient (Wildman–Crippen LogP) is 0.300. The van der Waals surface area contributed by atoms with Crippen molar-refractivity contribution in [1.82, 2.24) is 5.32 Å². The van der Waals surface area contributed by atoms with Crippen LogP contribution in [0.3, 0.4) is 0 Å². The van der Waals surface area contributed by atoms with Crippen LogP contribution in [0, 0.1) is 0 Å². The summed E-state index contributed by atoms with van der Waals surface area (Å²) in [6.45, 7) is 0.858. The summed E-state index contributed by atoms with van der Waals surface area (Å²) >= 11 is 0. The molecule has 2 amide bonds. The number of amides is 2. The molecule has 0 atom stereocenters. The summed E-state index contributed by atoms with van der Waals surface area (Å²) in [5, 5.41) is 15.2. The summed E-state index contributed by atoms with van der Waals surface area (Å²) in [5.41, 5.74) is -0.719. The second kappa shape index (κ2) is 7.98. The van der Waals surface area contributed by atoms with Crippen LogP contribution < -0.4 is 20.1 Å². The summed E-state index contributed by atoms with van der Waals surface area (Å²) < 4.78 is 15.4. The molecule has 3 N–H and O–H groups in total. The summed E-state index contributed by atoms with van der Waals surface area (Å²) in [6.07, 6.45) is 0.831. The maximum atomic E-state index is 12.0. The van der Waals surface area contributed by atoms with Gasteiger partial charge in [0.15, 0.2) is 0 Å². The fraction of sp³-hybridized carbons (Fsp3) is 0.500. The lowest BCUT2D eigenvalue weighted by molar-refractivity contribution is -0.137. The number of hydrogen-bond acceptors (Lipinski definition) is 6. The molecule has 1 heterocycles. The summed E-state index contributed by atoms with van der Waals surface area (Å²) in [5.74, 6) is -0.764. The molecule has 24 heavy (non-hydrogen) atoms. The Morgan fingerprint density at radius 3 is 2.54 bits per heavy atom. The fourth-order valence-corrected chi connectivity index (χ4v) is 2.34. The van der Waals surface area contributed by atoms with Gasteiger partial charge < -0.3 is 30.0 Å². The van der Waals surface area contributed by atoms with Gasteiger partial charge in [-0.1, -0.05) is 0 Å². The van der Waals surface area contributed by atoms with Crippen molar-refractivity contribution < 1.29 is 28.9 Å². The molecule has 1 aromatic rings. The van der Waals surface area contributed by atoms with Gasteiger partial charge >= 0.3 is 11.8 Å². The number of ether oxygens (including phenoxy) is 3. The van der Waals surface area contributed by atoms with Gasteiger partial charge in [-0.15, -0.1) is 0 Å². The number of methoxy groups -OCH3 is 2. The Hall–Kier alpha value is -2.32. The van der Waals surface area contributed by atoms with E-state index < -0.39 is 17.4 Å². The SMILES string of the molecule is COc1ccc(OC)c(NC(=O)C(=O)NCC2(O)CCOCC2)c1. The standard InChI is InChI=1S/C16H22N2O6/c1-22-11-3-4-13(23-2)12(9-11)18-15(20)14(19)17-10-16(21)5-7-24-8-6-16/h3-4,9,21H,5-8,10H2,1-2H3,(H,17,19)(H,18,20). The van der Waals surface area contributed by atoms with E-state index in [2.05, 4.69) is 10.6 Å². The van der Waals surface area contributed by atoms with Gasteiger partial charge in [0.1, 0.15) is 11.5 Å². The van der Waals surface area contributed by atoms with Gasteiger partial charge in [0, 0.05) is 38.7 Å². The molecule has 0 saturated carbocycles. The van der Waals surface area contributed by atoms with Crippen molar-refractivity contribution in [3.8, 4) is 11.5 Å². The van der Waals surface area contributed by atoms with E-state index in [1.807, 2.05) is 0 Å². The zero-order valence-corrected chi connectivity index (χ0v) is 13.8. The van der Waals surface area contributed by atoms with Crippen LogP contribution in [-0.2, 0) is 14.3 Å². The average molecular weight is 338 g/mol. The van der Waals surface area contributed by atoms with Crippen molar-refractivity contribution in [2.75, 3.05) is 39.3 Å². The van der Waals surface area contributed by atoms with E-state index in [4.69, 9.17) is 14.2 Å². The fourth-order valence-electron chi connectivity index (χ4n) is 2.34. The summed E-state index contributed by atoms with van der Waals surface area (Å²) in [6, 6.07) is 4.85. The molecule has 1 aromatic carbocycles. The van der Waals surface area contributed by atoms with Crippen LogP contribution in [0.5, 0.6) is 11.5 Å². The number of nitrogens with one attached hydrogen (secondary N) is 2. The highest BCUT2D eigenvalue weighted by Crippen LogP contribution is 2.28. The molecule has 1 aliphatic heterocycles. The number of carbonyl (C=O) groups excluding carboxylic acids is 2. The molecule has 1 fully saturated rings. The molecule has 132 valence electrons. The lowest BCUT2D eigenvalue weighted by Gasteiger charge is -2.31. The van der Waals surface area contributed by atoms with Crippen molar-refractivity contribution >= 4 is 17.5 Å². The van der Waals surface area contributed by atoms with Crippen LogP contribution in [0.15, 0.2) is 18.2 Å². The number of benzene rings is 1. The van der Waals surface area contributed by atoms with Crippen molar-refractivity contribution in [2.45, 2.75) is 18.4 Å². The molecule has 0 radical (unpaired) electrons. The molecular formula is C16H22N2O6. The van der Waals surface area contributed by atoms with Gasteiger partial charge in [-0.3, -0.25) is 9.59 Å². The van der Waals surface area contributed by atoms with E-state index in [0.29, 0.717) is 43.2 Å². The lowest BCUT2D eigenvalue weighted by atomic mass is 9.94. The second-order valence-corrected chi connectivity index (χ2v) is 5.54. The first-order valence-corrected chi connectivity index (χ1v) is 7.59. The van der Waals surface area contributed by atoms with Crippen LogP contribution in [0.1, 0.15) is 12.8 Å². The topological polar surface area (TPSA) is 106 Å². The van der Waals surface area contributed by atoms with Gasteiger partial charge in [0.2, 0.25) is 0 Å². The van der Waals surface area contributed by atoms with E-state index in [9.17, 15) is 14.7 Å². The third-order valence-electron chi connectivity index (χ3n) is 3.86. The lowest BCUT2D eigenvalue weighted by Crippen LogP contribution is -2.48. The molecule has 1 aliphatic rings. The van der Waals surface area contributed by atoms with Gasteiger partial charge in [-0.2, -0.15) is 0 Å². The highest BCUT2D eigenvalue weighted by molar-refractivity contribution is 6.39. The maximum absolute atomic E-state index is 12.0. The summed E-state index contributed by atoms with van der Waals surface area (Å²) in [4.78, 5) is 24.0. The van der Waals surface area contributed by atoms with Gasteiger partial charge in [0.05, 0.1) is 25.5 Å². The highest BCUT2D eigenvalue weighted by atomic mass is 16.5. The minimum absolute atomic E-state index is 0.00212. The van der Waals surface area contributed by atoms with Gasteiger partial charge in [-0.25, -0.2) is 0 Å². The van der Waals surface area contributed by atoms with Crippen LogP contribution in [-0.4, -0.2) is 56.5 Å². The molecular weight excluding hydrogens is 316 g/mol. The average Bonchev–Trinajstić information content (AvgIpc) is 2.60. The zero-order valence-electron chi connectivity index (χ0n) is 13.8. The van der Waals surface area contributed by atoms with Crippen LogP contribution in [0.25, 0.3) is 0 Å². The quantitative estimate of drug-likeness (QED) is 0.667. The third kappa shape index (κ3) is 4.59. The van der Waals surface area contributed by atoms with E-state index in [-0.39, 0.29) is 6.54 Å². The Morgan fingerprint density at radius 1 is 1.21 bits per heavy atom. The van der Waals surface area contributed by atoms with E-state index in [0.717, 1.165) is 0 Å². The molecule has 0 unspecified atom stereocenters. The Kier molecular flexibility index (Phi) is 5.99. The van der Waals surface area contributed by atoms with Crippen LogP contribution in [0.2, 0.25) is 0 Å². The summed E-state index contributed by atoms with van der Waals surface area (Å²) in [7, 11) is 2.95. The first kappa shape index (κ1) is 18.0. The first-order valence-electron chi connectivity index (χ1n) is 7.59. The zero-order chi connectivity index (χ0) is 17.6. The number of anilines is 1. The van der Waals surface area contributed by atoms with E-state index in [1.165, 1.54) is 14.2 Å². The minimum atomic E-state index is -1.04. The Bertz CT molecular complexity index is 598. The smallest absolute Gasteiger partial charge is 0.313 e. The van der Waals surface area contributed by atoms with Crippen LogP contribution in [0.4, 0.5) is 5.69 Å². The Labute approximate surface area is 140 Å². The monoisotopic (exact) mass is 338 g/mol. The first-order chi connectivity index (χ1) is 11.5. The highest BCUT2D eigenvalue weighted by Gasteiger charge is 2.31. The van der Waals surface area contributed by atoms with Crippen molar-refractivity contribution in [2.24, 2.45) is 0 Å². The van der Waals surface area contributed by atoms with Gasteiger partial charge in [-0.05, 0) is 12.1 Å². The number of aliphatic hydroxyl groups is 1. The van der Waals surface area contributed by atoms with Crippen molar-refractivity contribution in [3.63, 3.8) is 0 Å². The number of carbonyl (C=O) groups is 2.